The van der Waals surface area contributed by atoms with E-state index in [0.29, 0.717) is 24.3 Å². The van der Waals surface area contributed by atoms with Crippen molar-refractivity contribution < 1.29 is 26.0 Å². The van der Waals surface area contributed by atoms with Crippen LogP contribution in [0.5, 0.6) is 5.75 Å². The summed E-state index contributed by atoms with van der Waals surface area (Å²) < 4.78 is 74.2. The van der Waals surface area contributed by atoms with Gasteiger partial charge in [0.1, 0.15) is 11.6 Å². The molecule has 0 amide bonds. The van der Waals surface area contributed by atoms with Crippen LogP contribution in [0.4, 0.5) is 15.8 Å². The highest BCUT2D eigenvalue weighted by Gasteiger charge is 2.30. The van der Waals surface area contributed by atoms with E-state index in [0.717, 1.165) is 17.7 Å². The second kappa shape index (κ2) is 8.44. The molecule has 4 rings (SSSR count). The fourth-order valence-corrected chi connectivity index (χ4v) is 6.19. The molecule has 0 radical (unpaired) electrons. The lowest BCUT2D eigenvalue weighted by Gasteiger charge is -2.31. The minimum absolute atomic E-state index is 0.108. The predicted octanol–water partition coefficient (Wildman–Crippen LogP) is 3.78. The molecule has 7 nitrogen and oxygen atoms in total. The average Bonchev–Trinajstić information content (AvgIpc) is 2.78. The Kier molecular flexibility index (Phi) is 5.83. The Bertz CT molecular complexity index is 1360. The van der Waals surface area contributed by atoms with Crippen molar-refractivity contribution in [1.82, 2.24) is 0 Å². The van der Waals surface area contributed by atoms with E-state index >= 15 is 0 Å². The van der Waals surface area contributed by atoms with Crippen molar-refractivity contribution in [2.24, 2.45) is 0 Å². The van der Waals surface area contributed by atoms with E-state index in [1.165, 1.54) is 41.7 Å². The van der Waals surface area contributed by atoms with Gasteiger partial charge in [0, 0.05) is 6.54 Å². The Labute approximate surface area is 186 Å². The number of anilines is 2. The number of aryl methyl sites for hydroxylation is 1. The lowest BCUT2D eigenvalue weighted by Crippen LogP contribution is -2.35. The molecule has 3 aromatic rings. The fourth-order valence-electron chi connectivity index (χ4n) is 3.58. The van der Waals surface area contributed by atoms with Crippen molar-refractivity contribution in [3.05, 3.63) is 78.1 Å². The van der Waals surface area contributed by atoms with E-state index in [1.807, 2.05) is 0 Å². The summed E-state index contributed by atoms with van der Waals surface area (Å²) in [6.07, 6.45) is 1.30. The second-order valence-corrected chi connectivity index (χ2v) is 10.8. The molecule has 32 heavy (non-hydrogen) atoms. The number of halogens is 1. The Balaban J connectivity index is 1.69. The molecule has 1 N–H and O–H groups in total. The third-order valence-electron chi connectivity index (χ3n) is 5.17. The third kappa shape index (κ3) is 4.28. The summed E-state index contributed by atoms with van der Waals surface area (Å²) >= 11 is 0. The predicted molar refractivity (Wildman–Crippen MR) is 119 cm³/mol. The molecule has 1 heterocycles. The fraction of sp³-hybridized carbons (Fsp3) is 0.182. The largest absolute Gasteiger partial charge is 0.497 e. The van der Waals surface area contributed by atoms with Crippen LogP contribution in [0.2, 0.25) is 0 Å². The number of nitrogens with zero attached hydrogens (tertiary/aromatic N) is 1. The Morgan fingerprint density at radius 3 is 2.38 bits per heavy atom. The van der Waals surface area contributed by atoms with Crippen LogP contribution < -0.4 is 13.8 Å². The molecule has 3 aromatic carbocycles. The molecule has 10 heteroatoms. The minimum atomic E-state index is -4.05. The van der Waals surface area contributed by atoms with E-state index < -0.39 is 25.9 Å². The van der Waals surface area contributed by atoms with Gasteiger partial charge in [0.05, 0.1) is 28.3 Å². The summed E-state index contributed by atoms with van der Waals surface area (Å²) in [6, 6.07) is 15.5. The number of rotatable bonds is 6. The van der Waals surface area contributed by atoms with Crippen molar-refractivity contribution in [3.8, 4) is 5.75 Å². The van der Waals surface area contributed by atoms with Crippen LogP contribution in [0.15, 0.2) is 76.5 Å². The molecule has 0 bridgehead atoms. The maximum Gasteiger partial charge on any atom is 0.264 e. The molecule has 1 aliphatic rings. The van der Waals surface area contributed by atoms with Crippen LogP contribution in [0, 0.1) is 5.82 Å². The quantitative estimate of drug-likeness (QED) is 0.585. The number of ether oxygens (including phenoxy) is 1. The smallest absolute Gasteiger partial charge is 0.264 e. The first kappa shape index (κ1) is 22.1. The van der Waals surface area contributed by atoms with Gasteiger partial charge in [0.15, 0.2) is 0 Å². The number of benzene rings is 3. The van der Waals surface area contributed by atoms with Crippen molar-refractivity contribution in [2.75, 3.05) is 22.7 Å². The van der Waals surface area contributed by atoms with E-state index in [9.17, 15) is 21.2 Å². The van der Waals surface area contributed by atoms with Gasteiger partial charge in [-0.2, -0.15) is 0 Å². The van der Waals surface area contributed by atoms with Crippen LogP contribution in [-0.2, 0) is 26.5 Å². The number of sulfonamides is 2. The van der Waals surface area contributed by atoms with E-state index in [-0.39, 0.29) is 22.0 Å². The summed E-state index contributed by atoms with van der Waals surface area (Å²) in [5, 5.41) is 0. The van der Waals surface area contributed by atoms with Crippen LogP contribution in [0.3, 0.4) is 0 Å². The molecule has 0 saturated heterocycles. The first-order valence-corrected chi connectivity index (χ1v) is 12.7. The molecule has 168 valence electrons. The number of nitrogens with one attached hydrogen (secondary N) is 1. The molecule has 0 atom stereocenters. The second-order valence-electron chi connectivity index (χ2n) is 7.26. The summed E-state index contributed by atoms with van der Waals surface area (Å²) in [4.78, 5) is -0.116. The van der Waals surface area contributed by atoms with Gasteiger partial charge >= 0.3 is 0 Å². The van der Waals surface area contributed by atoms with Crippen LogP contribution in [0.1, 0.15) is 12.0 Å². The average molecular weight is 477 g/mol. The summed E-state index contributed by atoms with van der Waals surface area (Å²) in [5.74, 6) is -0.132. The summed E-state index contributed by atoms with van der Waals surface area (Å²) in [6.45, 7) is 0.265. The van der Waals surface area contributed by atoms with Crippen LogP contribution in [-0.4, -0.2) is 30.5 Å². The monoisotopic (exact) mass is 476 g/mol. The molecular formula is C22H21FN2O5S2. The van der Waals surface area contributed by atoms with Gasteiger partial charge in [-0.3, -0.25) is 9.03 Å². The summed E-state index contributed by atoms with van der Waals surface area (Å²) in [5.41, 5.74) is 1.39. The van der Waals surface area contributed by atoms with Gasteiger partial charge in [-0.1, -0.05) is 12.1 Å². The van der Waals surface area contributed by atoms with Gasteiger partial charge in [-0.05, 0) is 73.0 Å². The highest BCUT2D eigenvalue weighted by Crippen LogP contribution is 2.35. The molecule has 0 saturated carbocycles. The molecule has 0 fully saturated rings. The highest BCUT2D eigenvalue weighted by molar-refractivity contribution is 7.93. The summed E-state index contributed by atoms with van der Waals surface area (Å²) in [7, 11) is -6.42. The standard InChI is InChI=1S/C22H21FN2O5S2/c1-30-19-9-11-20(12-10-19)32(28,29)25-13-3-4-16-7-8-18(15-22(16)25)24-31(26,27)21-6-2-5-17(23)14-21/h2,5-12,14-15,24H,3-4,13H2,1H3. The number of hydrogen-bond acceptors (Lipinski definition) is 5. The first-order chi connectivity index (χ1) is 15.2. The van der Waals surface area contributed by atoms with Gasteiger partial charge in [-0.25, -0.2) is 21.2 Å². The van der Waals surface area contributed by atoms with Crippen molar-refractivity contribution in [2.45, 2.75) is 22.6 Å². The van der Waals surface area contributed by atoms with Gasteiger partial charge in [0.2, 0.25) is 0 Å². The Morgan fingerprint density at radius 2 is 1.69 bits per heavy atom. The zero-order valence-electron chi connectivity index (χ0n) is 17.2. The first-order valence-electron chi connectivity index (χ1n) is 9.79. The van der Waals surface area contributed by atoms with Crippen molar-refractivity contribution in [1.29, 1.82) is 0 Å². The molecule has 0 unspecified atom stereocenters. The van der Waals surface area contributed by atoms with Gasteiger partial charge in [0.25, 0.3) is 20.0 Å². The van der Waals surface area contributed by atoms with Crippen LogP contribution >= 0.6 is 0 Å². The normalized spacial score (nSPS) is 14.0. The zero-order chi connectivity index (χ0) is 22.9. The van der Waals surface area contributed by atoms with Gasteiger partial charge < -0.3 is 4.74 Å². The lowest BCUT2D eigenvalue weighted by atomic mass is 10.0. The number of methoxy groups -OCH3 is 1. The highest BCUT2D eigenvalue weighted by atomic mass is 32.2. The topological polar surface area (TPSA) is 92.8 Å². The molecule has 0 aromatic heterocycles. The van der Waals surface area contributed by atoms with Gasteiger partial charge in [-0.15, -0.1) is 0 Å². The third-order valence-corrected chi connectivity index (χ3v) is 8.37. The molecule has 0 aliphatic carbocycles. The van der Waals surface area contributed by atoms with Crippen molar-refractivity contribution >= 4 is 31.4 Å². The number of hydrogen-bond donors (Lipinski definition) is 1. The van der Waals surface area contributed by atoms with Crippen LogP contribution in [0.25, 0.3) is 0 Å². The van der Waals surface area contributed by atoms with Crippen molar-refractivity contribution in [3.63, 3.8) is 0 Å². The molecule has 0 spiro atoms. The molecular weight excluding hydrogens is 455 g/mol. The number of fused-ring (bicyclic) bond motifs is 1. The Morgan fingerprint density at radius 1 is 0.938 bits per heavy atom. The van der Waals surface area contributed by atoms with E-state index in [4.69, 9.17) is 4.74 Å². The maximum atomic E-state index is 13.5. The maximum absolute atomic E-state index is 13.5. The lowest BCUT2D eigenvalue weighted by molar-refractivity contribution is 0.414. The minimum Gasteiger partial charge on any atom is -0.497 e. The van der Waals surface area contributed by atoms with E-state index in [2.05, 4.69) is 4.72 Å². The van der Waals surface area contributed by atoms with E-state index in [1.54, 1.807) is 24.3 Å². The zero-order valence-corrected chi connectivity index (χ0v) is 18.8. The SMILES string of the molecule is COc1ccc(S(=O)(=O)N2CCCc3ccc(NS(=O)(=O)c4cccc(F)c4)cc32)cc1. The Hall–Kier alpha value is -3.11. The molecule has 1 aliphatic heterocycles.